The van der Waals surface area contributed by atoms with Crippen molar-refractivity contribution in [1.82, 2.24) is 4.98 Å². The highest BCUT2D eigenvalue weighted by Crippen LogP contribution is 2.30. The van der Waals surface area contributed by atoms with Crippen LogP contribution >= 0.6 is 15.9 Å². The average Bonchev–Trinajstić information content (AvgIpc) is 2.05. The highest BCUT2D eigenvalue weighted by atomic mass is 79.9. The maximum absolute atomic E-state index is 12.9. The molecule has 2 N–H and O–H groups in total. The quantitative estimate of drug-likeness (QED) is 0.852. The van der Waals surface area contributed by atoms with Gasteiger partial charge in [-0.1, -0.05) is 0 Å². The lowest BCUT2D eigenvalue weighted by molar-refractivity contribution is 0.000576. The Morgan fingerprint density at radius 1 is 1.58 bits per heavy atom. The summed E-state index contributed by atoms with van der Waals surface area (Å²) in [4.78, 5) is 3.54. The van der Waals surface area contributed by atoms with Crippen LogP contribution in [0.3, 0.4) is 0 Å². The van der Waals surface area contributed by atoms with Gasteiger partial charge in [0.1, 0.15) is 5.69 Å². The molecule has 0 aliphatic rings. The van der Waals surface area contributed by atoms with Crippen LogP contribution in [0.4, 0.5) is 8.78 Å². The van der Waals surface area contributed by atoms with E-state index in [1.807, 2.05) is 0 Å². The van der Waals surface area contributed by atoms with Crippen LogP contribution in [0, 0.1) is 0 Å². The standard InChI is InChI=1S/C7H7BrF2N2/c8-5-2-1-3-12-6(5)7(9,10)4-11/h1-3H,4,11H2. The molecule has 0 atom stereocenters. The van der Waals surface area contributed by atoms with E-state index in [0.29, 0.717) is 0 Å². The van der Waals surface area contributed by atoms with E-state index in [2.05, 4.69) is 20.9 Å². The van der Waals surface area contributed by atoms with Gasteiger partial charge in [-0.25, -0.2) is 0 Å². The molecule has 2 nitrogen and oxygen atoms in total. The largest absolute Gasteiger partial charge is 0.325 e. The zero-order chi connectivity index (χ0) is 9.19. The fraction of sp³-hybridized carbons (Fsp3) is 0.286. The molecule has 0 spiro atoms. The first-order valence-electron chi connectivity index (χ1n) is 3.27. The second kappa shape index (κ2) is 3.45. The Labute approximate surface area is 76.9 Å². The predicted molar refractivity (Wildman–Crippen MR) is 44.9 cm³/mol. The van der Waals surface area contributed by atoms with Gasteiger partial charge in [0.25, 0.3) is 0 Å². The van der Waals surface area contributed by atoms with Gasteiger partial charge in [0.05, 0.1) is 6.54 Å². The van der Waals surface area contributed by atoms with Crippen molar-refractivity contribution in [2.24, 2.45) is 5.73 Å². The van der Waals surface area contributed by atoms with Crippen molar-refractivity contribution in [2.75, 3.05) is 6.54 Å². The molecule has 0 aromatic carbocycles. The summed E-state index contributed by atoms with van der Waals surface area (Å²) in [7, 11) is 0. The minimum atomic E-state index is -3.06. The Balaban J connectivity index is 3.10. The van der Waals surface area contributed by atoms with Gasteiger partial charge < -0.3 is 5.73 Å². The molecular weight excluding hydrogens is 230 g/mol. The molecule has 0 radical (unpaired) electrons. The molecule has 0 aliphatic carbocycles. The van der Waals surface area contributed by atoms with Crippen molar-refractivity contribution in [3.05, 3.63) is 28.5 Å². The minimum Gasteiger partial charge on any atom is -0.325 e. The molecule has 0 saturated heterocycles. The molecule has 1 aromatic heterocycles. The van der Waals surface area contributed by atoms with E-state index >= 15 is 0 Å². The van der Waals surface area contributed by atoms with Crippen molar-refractivity contribution in [3.63, 3.8) is 0 Å². The zero-order valence-corrected chi connectivity index (χ0v) is 7.68. The van der Waals surface area contributed by atoms with Gasteiger partial charge in [-0.05, 0) is 28.1 Å². The third-order valence-corrected chi connectivity index (χ3v) is 2.00. The summed E-state index contributed by atoms with van der Waals surface area (Å²) in [5.41, 5.74) is 4.58. The summed E-state index contributed by atoms with van der Waals surface area (Å²) in [5, 5.41) is 0. The van der Waals surface area contributed by atoms with Crippen molar-refractivity contribution >= 4 is 15.9 Å². The van der Waals surface area contributed by atoms with Crippen LogP contribution in [-0.4, -0.2) is 11.5 Å². The molecule has 0 unspecified atom stereocenters. The monoisotopic (exact) mass is 236 g/mol. The number of aromatic nitrogens is 1. The Kier molecular flexibility index (Phi) is 2.74. The molecule has 5 heteroatoms. The molecule has 0 saturated carbocycles. The van der Waals surface area contributed by atoms with E-state index in [1.165, 1.54) is 12.3 Å². The van der Waals surface area contributed by atoms with Crippen LogP contribution in [0.25, 0.3) is 0 Å². The number of rotatable bonds is 2. The summed E-state index contributed by atoms with van der Waals surface area (Å²) in [6.45, 7) is -0.734. The summed E-state index contributed by atoms with van der Waals surface area (Å²) < 4.78 is 26.1. The molecule has 0 bridgehead atoms. The number of pyridine rings is 1. The molecule has 66 valence electrons. The molecular formula is C7H7BrF2N2. The fourth-order valence-electron chi connectivity index (χ4n) is 0.752. The molecule has 1 heterocycles. The lowest BCUT2D eigenvalue weighted by atomic mass is 10.2. The van der Waals surface area contributed by atoms with Gasteiger partial charge in [-0.3, -0.25) is 4.98 Å². The van der Waals surface area contributed by atoms with E-state index in [9.17, 15) is 8.78 Å². The molecule has 12 heavy (non-hydrogen) atoms. The molecule has 0 aliphatic heterocycles. The number of halogens is 3. The van der Waals surface area contributed by atoms with Gasteiger partial charge in [0.2, 0.25) is 0 Å². The Morgan fingerprint density at radius 2 is 2.25 bits per heavy atom. The average molecular weight is 237 g/mol. The molecule has 0 fully saturated rings. The maximum atomic E-state index is 12.9. The van der Waals surface area contributed by atoms with E-state index in [0.717, 1.165) is 0 Å². The SMILES string of the molecule is NCC(F)(F)c1ncccc1Br. The number of nitrogens with two attached hydrogens (primary N) is 1. The second-order valence-electron chi connectivity index (χ2n) is 2.24. The molecule has 1 rings (SSSR count). The van der Waals surface area contributed by atoms with Crippen molar-refractivity contribution in [3.8, 4) is 0 Å². The summed E-state index contributed by atoms with van der Waals surface area (Å²) in [5.74, 6) is -3.06. The van der Waals surface area contributed by atoms with Crippen molar-refractivity contribution in [2.45, 2.75) is 5.92 Å². The van der Waals surface area contributed by atoms with Crippen LogP contribution in [0.2, 0.25) is 0 Å². The molecule has 0 amide bonds. The van der Waals surface area contributed by atoms with Gasteiger partial charge in [0, 0.05) is 10.7 Å². The van der Waals surface area contributed by atoms with Gasteiger partial charge >= 0.3 is 5.92 Å². The number of alkyl halides is 2. The van der Waals surface area contributed by atoms with Gasteiger partial charge in [0.15, 0.2) is 0 Å². The van der Waals surface area contributed by atoms with Crippen LogP contribution < -0.4 is 5.73 Å². The fourth-order valence-corrected chi connectivity index (χ4v) is 1.30. The third-order valence-electron chi connectivity index (χ3n) is 1.36. The normalized spacial score (nSPS) is 11.7. The molecule has 1 aromatic rings. The summed E-state index contributed by atoms with van der Waals surface area (Å²) in [6.07, 6.45) is 1.31. The van der Waals surface area contributed by atoms with Crippen LogP contribution in [-0.2, 0) is 5.92 Å². The first-order chi connectivity index (χ1) is 5.58. The highest BCUT2D eigenvalue weighted by Gasteiger charge is 2.33. The topological polar surface area (TPSA) is 38.9 Å². The lowest BCUT2D eigenvalue weighted by Crippen LogP contribution is -2.26. The van der Waals surface area contributed by atoms with E-state index in [1.54, 1.807) is 6.07 Å². The highest BCUT2D eigenvalue weighted by molar-refractivity contribution is 9.10. The number of hydrogen-bond donors (Lipinski definition) is 1. The lowest BCUT2D eigenvalue weighted by Gasteiger charge is -2.13. The first kappa shape index (κ1) is 9.54. The minimum absolute atomic E-state index is 0.278. The maximum Gasteiger partial charge on any atom is 0.302 e. The Hall–Kier alpha value is -0.550. The van der Waals surface area contributed by atoms with E-state index in [-0.39, 0.29) is 10.2 Å². The summed E-state index contributed by atoms with van der Waals surface area (Å²) >= 11 is 2.97. The van der Waals surface area contributed by atoms with Crippen LogP contribution in [0.1, 0.15) is 5.69 Å². The Bertz CT molecular complexity index is 278. The van der Waals surface area contributed by atoms with E-state index in [4.69, 9.17) is 5.73 Å². The second-order valence-corrected chi connectivity index (χ2v) is 3.10. The smallest absolute Gasteiger partial charge is 0.302 e. The van der Waals surface area contributed by atoms with Crippen molar-refractivity contribution in [1.29, 1.82) is 0 Å². The van der Waals surface area contributed by atoms with E-state index < -0.39 is 12.5 Å². The number of hydrogen-bond acceptors (Lipinski definition) is 2. The predicted octanol–water partition coefficient (Wildman–Crippen LogP) is 1.89. The Morgan fingerprint density at radius 3 is 2.75 bits per heavy atom. The summed E-state index contributed by atoms with van der Waals surface area (Å²) in [6, 6.07) is 3.08. The first-order valence-corrected chi connectivity index (χ1v) is 4.06. The third kappa shape index (κ3) is 1.78. The van der Waals surface area contributed by atoms with Gasteiger partial charge in [-0.2, -0.15) is 8.78 Å². The van der Waals surface area contributed by atoms with Crippen molar-refractivity contribution < 1.29 is 8.78 Å². The zero-order valence-electron chi connectivity index (χ0n) is 6.10. The number of nitrogens with zero attached hydrogens (tertiary/aromatic N) is 1. The van der Waals surface area contributed by atoms with Crippen LogP contribution in [0.15, 0.2) is 22.8 Å². The van der Waals surface area contributed by atoms with Crippen LogP contribution in [0.5, 0.6) is 0 Å². The van der Waals surface area contributed by atoms with Gasteiger partial charge in [-0.15, -0.1) is 0 Å².